The molecule has 5 aromatic rings. The third kappa shape index (κ3) is 5.22. The van der Waals surface area contributed by atoms with Crippen molar-refractivity contribution in [1.82, 2.24) is 10.1 Å². The monoisotopic (exact) mass is 576 g/mol. The molecule has 0 unspecified atom stereocenters. The Labute approximate surface area is 240 Å². The van der Waals surface area contributed by atoms with Crippen molar-refractivity contribution in [3.05, 3.63) is 104 Å². The van der Waals surface area contributed by atoms with Crippen LogP contribution >= 0.6 is 23.2 Å². The van der Waals surface area contributed by atoms with Gasteiger partial charge in [0.2, 0.25) is 0 Å². The molecule has 2 aromatic heterocycles. The summed E-state index contributed by atoms with van der Waals surface area (Å²) in [5, 5.41) is 5.59. The van der Waals surface area contributed by atoms with Gasteiger partial charge in [0.05, 0.1) is 26.6 Å². The first-order chi connectivity index (χ1) is 19.2. The molecule has 0 saturated heterocycles. The molecule has 1 amide bonds. The number of hydrogen-bond acceptors (Lipinski definition) is 6. The SMILES string of the molecule is CC(C)c1onc(-c2c(Cl)cccc2Cl)c1COc1ccc2c(=O)c(-c3ccc(C(=O)N(C)C)cc3)coc2c1. The minimum Gasteiger partial charge on any atom is -0.489 e. The van der Waals surface area contributed by atoms with Gasteiger partial charge in [0.25, 0.3) is 5.91 Å². The van der Waals surface area contributed by atoms with E-state index in [-0.39, 0.29) is 23.9 Å². The normalized spacial score (nSPS) is 11.3. The quantitative estimate of drug-likeness (QED) is 0.196. The number of nitrogens with zero attached hydrogens (tertiary/aromatic N) is 2. The van der Waals surface area contributed by atoms with E-state index in [0.29, 0.717) is 60.5 Å². The third-order valence-corrected chi connectivity index (χ3v) is 7.15. The number of ether oxygens (including phenoxy) is 1. The number of aromatic nitrogens is 1. The number of amides is 1. The number of carbonyl (C=O) groups is 1. The summed E-state index contributed by atoms with van der Waals surface area (Å²) in [4.78, 5) is 27.0. The van der Waals surface area contributed by atoms with E-state index < -0.39 is 0 Å². The molecular weight excluding hydrogens is 551 g/mol. The molecule has 0 atom stereocenters. The molecule has 0 aliphatic heterocycles. The summed E-state index contributed by atoms with van der Waals surface area (Å²) in [6.45, 7) is 4.13. The molecule has 0 N–H and O–H groups in total. The molecule has 0 spiro atoms. The molecule has 7 nitrogen and oxygen atoms in total. The smallest absolute Gasteiger partial charge is 0.253 e. The minimum atomic E-state index is -0.184. The molecule has 5 rings (SSSR count). The Morgan fingerprint density at radius 3 is 2.38 bits per heavy atom. The van der Waals surface area contributed by atoms with Gasteiger partial charge in [0.1, 0.15) is 35.7 Å². The van der Waals surface area contributed by atoms with E-state index in [1.165, 1.54) is 11.2 Å². The van der Waals surface area contributed by atoms with Crippen LogP contribution in [0.15, 0.2) is 80.7 Å². The molecule has 0 radical (unpaired) electrons. The van der Waals surface area contributed by atoms with Gasteiger partial charge < -0.3 is 18.6 Å². The predicted octanol–water partition coefficient (Wildman–Crippen LogP) is 7.83. The highest BCUT2D eigenvalue weighted by Crippen LogP contribution is 2.39. The van der Waals surface area contributed by atoms with Crippen molar-refractivity contribution in [2.75, 3.05) is 14.1 Å². The van der Waals surface area contributed by atoms with Crippen LogP contribution in [0.25, 0.3) is 33.4 Å². The van der Waals surface area contributed by atoms with Gasteiger partial charge in [0.15, 0.2) is 5.43 Å². The standard InChI is InChI=1S/C31H26Cl2N2O5/c1-17(2)30-23(28(34-40-30)27-24(32)6-5-7-25(27)33)16-38-20-12-13-21-26(14-20)39-15-22(29(21)36)18-8-10-19(11-9-18)31(37)35(3)4/h5-15,17H,16H2,1-4H3. The number of rotatable bonds is 7. The topological polar surface area (TPSA) is 85.8 Å². The van der Waals surface area contributed by atoms with Crippen molar-refractivity contribution >= 4 is 40.1 Å². The van der Waals surface area contributed by atoms with Crippen LogP contribution in [-0.2, 0) is 6.61 Å². The Bertz CT molecular complexity index is 1750. The second kappa shape index (κ2) is 11.2. The van der Waals surface area contributed by atoms with E-state index in [4.69, 9.17) is 36.9 Å². The van der Waals surface area contributed by atoms with Gasteiger partial charge >= 0.3 is 0 Å². The Morgan fingerprint density at radius 1 is 1.02 bits per heavy atom. The fraction of sp³-hybridized carbons (Fsp3) is 0.194. The average Bonchev–Trinajstić information content (AvgIpc) is 3.35. The van der Waals surface area contributed by atoms with Crippen LogP contribution in [0.3, 0.4) is 0 Å². The van der Waals surface area contributed by atoms with Gasteiger partial charge in [-0.3, -0.25) is 9.59 Å². The highest BCUT2D eigenvalue weighted by atomic mass is 35.5. The van der Waals surface area contributed by atoms with Gasteiger partial charge in [-0.2, -0.15) is 0 Å². The first-order valence-corrected chi connectivity index (χ1v) is 13.3. The lowest BCUT2D eigenvalue weighted by Gasteiger charge is -2.11. The maximum absolute atomic E-state index is 13.3. The molecule has 0 saturated carbocycles. The molecule has 0 aliphatic rings. The number of benzene rings is 3. The third-order valence-electron chi connectivity index (χ3n) is 6.52. The second-order valence-corrected chi connectivity index (χ2v) is 10.6. The van der Waals surface area contributed by atoms with E-state index in [1.54, 1.807) is 74.8 Å². The Balaban J connectivity index is 1.43. The second-order valence-electron chi connectivity index (χ2n) is 9.83. The molecule has 0 bridgehead atoms. The summed E-state index contributed by atoms with van der Waals surface area (Å²) in [6, 6.07) is 17.2. The maximum atomic E-state index is 13.3. The minimum absolute atomic E-state index is 0.0456. The molecule has 40 heavy (non-hydrogen) atoms. The molecule has 2 heterocycles. The van der Waals surface area contributed by atoms with Crippen molar-refractivity contribution in [1.29, 1.82) is 0 Å². The summed E-state index contributed by atoms with van der Waals surface area (Å²) in [6.07, 6.45) is 1.42. The summed E-state index contributed by atoms with van der Waals surface area (Å²) in [5.74, 6) is 1.10. The van der Waals surface area contributed by atoms with Crippen molar-refractivity contribution in [3.8, 4) is 28.1 Å². The zero-order valence-electron chi connectivity index (χ0n) is 22.3. The lowest BCUT2D eigenvalue weighted by atomic mass is 10.0. The first-order valence-electron chi connectivity index (χ1n) is 12.6. The van der Waals surface area contributed by atoms with E-state index in [2.05, 4.69) is 5.16 Å². The highest BCUT2D eigenvalue weighted by Gasteiger charge is 2.24. The van der Waals surface area contributed by atoms with E-state index in [0.717, 1.165) is 5.56 Å². The lowest BCUT2D eigenvalue weighted by Crippen LogP contribution is -2.21. The largest absolute Gasteiger partial charge is 0.489 e. The molecule has 9 heteroatoms. The molecule has 204 valence electrons. The fourth-order valence-electron chi connectivity index (χ4n) is 4.44. The summed E-state index contributed by atoms with van der Waals surface area (Å²) < 4.78 is 17.6. The van der Waals surface area contributed by atoms with E-state index in [1.807, 2.05) is 13.8 Å². The van der Waals surface area contributed by atoms with Gasteiger partial charge in [-0.25, -0.2) is 0 Å². The van der Waals surface area contributed by atoms with Crippen LogP contribution in [0, 0.1) is 0 Å². The number of carbonyl (C=O) groups excluding carboxylic acids is 1. The molecule has 0 aliphatic carbocycles. The van der Waals surface area contributed by atoms with Crippen molar-refractivity contribution in [3.63, 3.8) is 0 Å². The van der Waals surface area contributed by atoms with Crippen molar-refractivity contribution in [2.24, 2.45) is 0 Å². The van der Waals surface area contributed by atoms with Gasteiger partial charge in [-0.05, 0) is 42.0 Å². The zero-order valence-corrected chi connectivity index (χ0v) is 23.8. The fourth-order valence-corrected chi connectivity index (χ4v) is 5.02. The van der Waals surface area contributed by atoms with Gasteiger partial charge in [-0.15, -0.1) is 0 Å². The summed E-state index contributed by atoms with van der Waals surface area (Å²) >= 11 is 12.9. The Hall–Kier alpha value is -4.07. The van der Waals surface area contributed by atoms with Crippen molar-refractivity contribution in [2.45, 2.75) is 26.4 Å². The predicted molar refractivity (Wildman–Crippen MR) is 156 cm³/mol. The number of halogens is 2. The van der Waals surface area contributed by atoms with Crippen LogP contribution in [0.4, 0.5) is 0 Å². The molecule has 3 aromatic carbocycles. The first kappa shape index (κ1) is 27.5. The molecular formula is C31H26Cl2N2O5. The highest BCUT2D eigenvalue weighted by molar-refractivity contribution is 6.39. The lowest BCUT2D eigenvalue weighted by molar-refractivity contribution is 0.0827. The van der Waals surface area contributed by atoms with E-state index >= 15 is 0 Å². The Kier molecular flexibility index (Phi) is 7.70. The number of hydrogen-bond donors (Lipinski definition) is 0. The number of fused-ring (bicyclic) bond motifs is 1. The van der Waals surface area contributed by atoms with E-state index in [9.17, 15) is 9.59 Å². The van der Waals surface area contributed by atoms with Crippen molar-refractivity contribution < 1.29 is 18.5 Å². The Morgan fingerprint density at radius 2 is 1.73 bits per heavy atom. The van der Waals surface area contributed by atoms with Gasteiger partial charge in [-0.1, -0.05) is 60.4 Å². The van der Waals surface area contributed by atoms with Gasteiger partial charge in [0, 0.05) is 37.2 Å². The average molecular weight is 577 g/mol. The summed E-state index contributed by atoms with van der Waals surface area (Å²) in [7, 11) is 3.38. The van der Waals surface area contributed by atoms with Crippen LogP contribution in [-0.4, -0.2) is 30.1 Å². The summed E-state index contributed by atoms with van der Waals surface area (Å²) in [5.41, 5.74) is 3.63. The molecule has 0 fully saturated rings. The maximum Gasteiger partial charge on any atom is 0.253 e. The van der Waals surface area contributed by atoms with Crippen LogP contribution < -0.4 is 10.2 Å². The van der Waals surface area contributed by atoms with Crippen LogP contribution in [0.1, 0.15) is 41.4 Å². The van der Waals surface area contributed by atoms with Crippen LogP contribution in [0.2, 0.25) is 10.0 Å². The van der Waals surface area contributed by atoms with Crippen LogP contribution in [0.5, 0.6) is 5.75 Å². The zero-order chi connectivity index (χ0) is 28.6.